The molecule has 2 heterocycles. The maximum absolute atomic E-state index is 12.0. The highest BCUT2D eigenvalue weighted by Gasteiger charge is 2.27. The number of piperidine rings is 1. The van der Waals surface area contributed by atoms with Crippen LogP contribution >= 0.6 is 0 Å². The number of aromatic nitrogens is 2. The number of ether oxygens (including phenoxy) is 2. The van der Waals surface area contributed by atoms with Gasteiger partial charge in [-0.2, -0.15) is 0 Å². The molecule has 1 aliphatic heterocycles. The van der Waals surface area contributed by atoms with Crippen molar-refractivity contribution >= 4 is 29.0 Å². The summed E-state index contributed by atoms with van der Waals surface area (Å²) in [6.45, 7) is 3.62. The molecule has 2 aromatic carbocycles. The zero-order valence-electron chi connectivity index (χ0n) is 18.0. The third-order valence-electron chi connectivity index (χ3n) is 5.37. The van der Waals surface area contributed by atoms with E-state index in [1.807, 2.05) is 61.5 Å². The summed E-state index contributed by atoms with van der Waals surface area (Å²) < 4.78 is 11.0. The van der Waals surface area contributed by atoms with Gasteiger partial charge in [-0.05, 0) is 56.2 Å². The van der Waals surface area contributed by atoms with E-state index in [9.17, 15) is 4.79 Å². The first-order valence-corrected chi connectivity index (χ1v) is 10.8. The molecule has 0 bridgehead atoms. The zero-order chi connectivity index (χ0) is 22.3. The zero-order valence-corrected chi connectivity index (χ0v) is 18.0. The average molecular weight is 434 g/mol. The van der Waals surface area contributed by atoms with Crippen LogP contribution in [0.2, 0.25) is 0 Å². The van der Waals surface area contributed by atoms with E-state index >= 15 is 0 Å². The third kappa shape index (κ3) is 5.08. The van der Waals surface area contributed by atoms with Gasteiger partial charge in [0.25, 0.3) is 0 Å². The number of carbonyl (C=O) groups is 1. The lowest BCUT2D eigenvalue weighted by molar-refractivity contribution is -0.148. The number of rotatable bonds is 7. The molecule has 0 amide bonds. The lowest BCUT2D eigenvalue weighted by Gasteiger charge is -2.32. The summed E-state index contributed by atoms with van der Waals surface area (Å²) in [5.41, 5.74) is 7.71. The van der Waals surface area contributed by atoms with Crippen LogP contribution in [0.15, 0.2) is 60.9 Å². The van der Waals surface area contributed by atoms with Gasteiger partial charge in [-0.3, -0.25) is 4.79 Å². The molecule has 1 aromatic heterocycles. The maximum atomic E-state index is 12.0. The average Bonchev–Trinajstić information content (AvgIpc) is 2.83. The standard InChI is InChI=1S/C24H27N5O3/c1-2-31-24(30)17-12-14-29(15-13-17)23-21(25)22(26-16-27-23)28-18-8-10-20(11-9-18)32-19-6-4-3-5-7-19/h3-11,16-17H,2,12-15,25H2,1H3,(H,26,27,28). The summed E-state index contributed by atoms with van der Waals surface area (Å²) in [5.74, 6) is 2.55. The molecule has 166 valence electrons. The number of anilines is 4. The van der Waals surface area contributed by atoms with Gasteiger partial charge in [0.2, 0.25) is 0 Å². The Hall–Kier alpha value is -3.81. The van der Waals surface area contributed by atoms with Crippen molar-refractivity contribution < 1.29 is 14.3 Å². The highest BCUT2D eigenvalue weighted by atomic mass is 16.5. The van der Waals surface area contributed by atoms with Crippen LogP contribution in [0.25, 0.3) is 0 Å². The molecule has 3 aromatic rings. The second-order valence-corrected chi connectivity index (χ2v) is 7.54. The van der Waals surface area contributed by atoms with E-state index in [2.05, 4.69) is 20.2 Å². The van der Waals surface area contributed by atoms with Crippen molar-refractivity contribution in [2.75, 3.05) is 35.6 Å². The van der Waals surface area contributed by atoms with Crippen LogP contribution < -0.4 is 20.7 Å². The van der Waals surface area contributed by atoms with Crippen LogP contribution in [0.1, 0.15) is 19.8 Å². The molecular formula is C24H27N5O3. The van der Waals surface area contributed by atoms with Crippen molar-refractivity contribution in [2.45, 2.75) is 19.8 Å². The van der Waals surface area contributed by atoms with Crippen molar-refractivity contribution in [3.05, 3.63) is 60.9 Å². The number of esters is 1. The third-order valence-corrected chi connectivity index (χ3v) is 5.37. The number of nitrogens with two attached hydrogens (primary N) is 1. The van der Waals surface area contributed by atoms with Gasteiger partial charge in [0.05, 0.1) is 12.5 Å². The van der Waals surface area contributed by atoms with Crippen molar-refractivity contribution in [1.29, 1.82) is 0 Å². The van der Waals surface area contributed by atoms with E-state index < -0.39 is 0 Å². The van der Waals surface area contributed by atoms with Crippen LogP contribution in [0.4, 0.5) is 23.0 Å². The fourth-order valence-corrected chi connectivity index (χ4v) is 3.69. The molecule has 0 atom stereocenters. The Morgan fingerprint density at radius 1 is 1.06 bits per heavy atom. The second-order valence-electron chi connectivity index (χ2n) is 7.54. The number of nitrogens with zero attached hydrogens (tertiary/aromatic N) is 3. The summed E-state index contributed by atoms with van der Waals surface area (Å²) in [7, 11) is 0. The molecule has 1 saturated heterocycles. The highest BCUT2D eigenvalue weighted by Crippen LogP contribution is 2.32. The summed E-state index contributed by atoms with van der Waals surface area (Å²) in [6, 6.07) is 17.2. The Morgan fingerprint density at radius 3 is 2.44 bits per heavy atom. The minimum Gasteiger partial charge on any atom is -0.466 e. The normalized spacial score (nSPS) is 14.1. The first-order valence-electron chi connectivity index (χ1n) is 10.8. The molecule has 1 fully saturated rings. The van der Waals surface area contributed by atoms with E-state index in [-0.39, 0.29) is 11.9 Å². The quantitative estimate of drug-likeness (QED) is 0.530. The van der Waals surface area contributed by atoms with Gasteiger partial charge in [-0.1, -0.05) is 18.2 Å². The van der Waals surface area contributed by atoms with E-state index in [0.29, 0.717) is 49.9 Å². The smallest absolute Gasteiger partial charge is 0.309 e. The summed E-state index contributed by atoms with van der Waals surface area (Å²) in [4.78, 5) is 22.8. The first kappa shape index (κ1) is 21.4. The van der Waals surface area contributed by atoms with E-state index in [0.717, 1.165) is 17.2 Å². The van der Waals surface area contributed by atoms with Gasteiger partial charge in [0.15, 0.2) is 11.6 Å². The van der Waals surface area contributed by atoms with Crippen molar-refractivity contribution in [1.82, 2.24) is 9.97 Å². The minimum absolute atomic E-state index is 0.0662. The number of nitrogen functional groups attached to an aromatic ring is 1. The number of hydrogen-bond donors (Lipinski definition) is 2. The second kappa shape index (κ2) is 10.00. The minimum atomic E-state index is -0.121. The van der Waals surface area contributed by atoms with Crippen LogP contribution in [0.5, 0.6) is 11.5 Å². The Morgan fingerprint density at radius 2 is 1.75 bits per heavy atom. The summed E-state index contributed by atoms with van der Waals surface area (Å²) in [6.07, 6.45) is 2.93. The van der Waals surface area contributed by atoms with E-state index in [1.165, 1.54) is 6.33 Å². The SMILES string of the molecule is CCOC(=O)C1CCN(c2ncnc(Nc3ccc(Oc4ccccc4)cc3)c2N)CC1. The van der Waals surface area contributed by atoms with Crippen LogP contribution in [0.3, 0.4) is 0 Å². The predicted octanol–water partition coefficient (Wildman–Crippen LogP) is 4.37. The van der Waals surface area contributed by atoms with E-state index in [1.54, 1.807) is 0 Å². The van der Waals surface area contributed by atoms with Gasteiger partial charge in [-0.15, -0.1) is 0 Å². The number of para-hydroxylation sites is 1. The molecule has 0 unspecified atom stereocenters. The number of hydrogen-bond acceptors (Lipinski definition) is 8. The first-order chi connectivity index (χ1) is 15.6. The maximum Gasteiger partial charge on any atom is 0.309 e. The molecule has 0 radical (unpaired) electrons. The van der Waals surface area contributed by atoms with Gasteiger partial charge >= 0.3 is 5.97 Å². The molecular weight excluding hydrogens is 406 g/mol. The van der Waals surface area contributed by atoms with Gasteiger partial charge in [0.1, 0.15) is 23.5 Å². The van der Waals surface area contributed by atoms with Crippen LogP contribution in [-0.2, 0) is 9.53 Å². The molecule has 4 rings (SSSR count). The molecule has 0 spiro atoms. The molecule has 0 saturated carbocycles. The van der Waals surface area contributed by atoms with Crippen molar-refractivity contribution in [2.24, 2.45) is 5.92 Å². The van der Waals surface area contributed by atoms with Gasteiger partial charge in [-0.25, -0.2) is 9.97 Å². The molecule has 8 heteroatoms. The molecule has 32 heavy (non-hydrogen) atoms. The summed E-state index contributed by atoms with van der Waals surface area (Å²) >= 11 is 0. The number of nitrogens with one attached hydrogen (secondary N) is 1. The van der Waals surface area contributed by atoms with Gasteiger partial charge in [0, 0.05) is 18.8 Å². The Kier molecular flexibility index (Phi) is 6.69. The largest absolute Gasteiger partial charge is 0.466 e. The lowest BCUT2D eigenvalue weighted by Crippen LogP contribution is -2.37. The fraction of sp³-hybridized carbons (Fsp3) is 0.292. The van der Waals surface area contributed by atoms with E-state index in [4.69, 9.17) is 15.2 Å². The van der Waals surface area contributed by atoms with Crippen LogP contribution in [-0.4, -0.2) is 35.6 Å². The molecule has 1 aliphatic rings. The Labute approximate surface area is 187 Å². The monoisotopic (exact) mass is 433 g/mol. The number of carbonyl (C=O) groups excluding carboxylic acids is 1. The molecule has 0 aliphatic carbocycles. The molecule has 3 N–H and O–H groups in total. The van der Waals surface area contributed by atoms with Crippen molar-refractivity contribution in [3.8, 4) is 11.5 Å². The van der Waals surface area contributed by atoms with Crippen LogP contribution in [0, 0.1) is 5.92 Å². The topological polar surface area (TPSA) is 103 Å². The fourth-order valence-electron chi connectivity index (χ4n) is 3.69. The van der Waals surface area contributed by atoms with Gasteiger partial charge < -0.3 is 25.4 Å². The Balaban J connectivity index is 1.40. The number of benzene rings is 2. The molecule has 8 nitrogen and oxygen atoms in total. The Bertz CT molecular complexity index is 1040. The van der Waals surface area contributed by atoms with Crippen molar-refractivity contribution in [3.63, 3.8) is 0 Å². The highest BCUT2D eigenvalue weighted by molar-refractivity contribution is 5.79. The summed E-state index contributed by atoms with van der Waals surface area (Å²) in [5, 5.41) is 3.25. The lowest BCUT2D eigenvalue weighted by atomic mass is 9.97. The predicted molar refractivity (Wildman–Crippen MR) is 124 cm³/mol.